The van der Waals surface area contributed by atoms with Crippen LogP contribution in [0, 0.1) is 5.41 Å². The monoisotopic (exact) mass is 414 g/mol. The van der Waals surface area contributed by atoms with E-state index < -0.39 is 0 Å². The minimum atomic E-state index is 0.570. The predicted octanol–water partition coefficient (Wildman–Crippen LogP) is 5.10. The van der Waals surface area contributed by atoms with Crippen molar-refractivity contribution in [3.05, 3.63) is 59.4 Å². The Bertz CT molecular complexity index is 1090. The van der Waals surface area contributed by atoms with Crippen molar-refractivity contribution in [2.75, 3.05) is 25.0 Å². The highest BCUT2D eigenvalue weighted by Crippen LogP contribution is 2.55. The van der Waals surface area contributed by atoms with Gasteiger partial charge in [-0.1, -0.05) is 30.3 Å². The van der Waals surface area contributed by atoms with Gasteiger partial charge in [0.1, 0.15) is 5.82 Å². The molecule has 1 aliphatic carbocycles. The van der Waals surface area contributed by atoms with Crippen molar-refractivity contribution in [3.8, 4) is 0 Å². The molecule has 1 atom stereocenters. The van der Waals surface area contributed by atoms with Crippen LogP contribution in [0.5, 0.6) is 0 Å². The Kier molecular flexibility index (Phi) is 4.60. The first-order valence-corrected chi connectivity index (χ1v) is 12.1. The quantitative estimate of drug-likeness (QED) is 0.647. The number of aromatic nitrogens is 2. The molecule has 1 saturated carbocycles. The van der Waals surface area contributed by atoms with Crippen LogP contribution >= 0.6 is 0 Å². The van der Waals surface area contributed by atoms with Gasteiger partial charge in [-0.2, -0.15) is 0 Å². The molecule has 2 aromatic carbocycles. The maximum Gasteiger partial charge on any atom is 0.114 e. The number of anilines is 1. The summed E-state index contributed by atoms with van der Waals surface area (Å²) in [6.45, 7) is 4.71. The number of nitrogens with one attached hydrogen (secondary N) is 1. The van der Waals surface area contributed by atoms with Gasteiger partial charge in [0.25, 0.3) is 0 Å². The summed E-state index contributed by atoms with van der Waals surface area (Å²) in [5, 5.41) is 3.55. The van der Waals surface area contributed by atoms with Crippen molar-refractivity contribution in [1.29, 1.82) is 0 Å². The zero-order chi connectivity index (χ0) is 21.0. The largest absolute Gasteiger partial charge is 0.372 e. The first-order valence-electron chi connectivity index (χ1n) is 12.1. The van der Waals surface area contributed by atoms with E-state index in [0.29, 0.717) is 17.5 Å². The summed E-state index contributed by atoms with van der Waals surface area (Å²) in [5.41, 5.74) is 7.39. The van der Waals surface area contributed by atoms with E-state index in [-0.39, 0.29) is 0 Å². The van der Waals surface area contributed by atoms with Gasteiger partial charge in [0.2, 0.25) is 0 Å². The molecular formula is C27H34N4. The molecule has 1 N–H and O–H groups in total. The van der Waals surface area contributed by atoms with Crippen molar-refractivity contribution in [2.45, 2.75) is 64.0 Å². The summed E-state index contributed by atoms with van der Waals surface area (Å²) in [6, 6.07) is 16.8. The van der Waals surface area contributed by atoms with Gasteiger partial charge in [-0.05, 0) is 81.6 Å². The Morgan fingerprint density at radius 2 is 1.84 bits per heavy atom. The summed E-state index contributed by atoms with van der Waals surface area (Å²) in [4.78, 5) is 7.79. The van der Waals surface area contributed by atoms with Crippen LogP contribution in [-0.4, -0.2) is 35.7 Å². The third-order valence-corrected chi connectivity index (χ3v) is 8.44. The Hall–Kier alpha value is -2.33. The average Bonchev–Trinajstić information content (AvgIpc) is 3.13. The molecule has 1 saturated heterocycles. The normalized spacial score (nSPS) is 23.2. The topological polar surface area (TPSA) is 33.1 Å². The van der Waals surface area contributed by atoms with Crippen LogP contribution in [0.1, 0.15) is 62.0 Å². The minimum Gasteiger partial charge on any atom is -0.372 e. The van der Waals surface area contributed by atoms with Gasteiger partial charge in [0, 0.05) is 36.8 Å². The second kappa shape index (κ2) is 7.37. The molecule has 2 fully saturated rings. The molecule has 0 amide bonds. The zero-order valence-electron chi connectivity index (χ0n) is 18.9. The molecule has 0 bridgehead atoms. The zero-order valence-corrected chi connectivity index (χ0v) is 18.9. The number of rotatable bonds is 3. The minimum absolute atomic E-state index is 0.570. The highest BCUT2D eigenvalue weighted by atomic mass is 15.2. The van der Waals surface area contributed by atoms with E-state index in [1.54, 1.807) is 0 Å². The van der Waals surface area contributed by atoms with Crippen molar-refractivity contribution < 1.29 is 0 Å². The summed E-state index contributed by atoms with van der Waals surface area (Å²) < 4.78 is 2.63. The molecule has 162 valence electrons. The predicted molar refractivity (Wildman–Crippen MR) is 128 cm³/mol. The molecule has 3 aromatic rings. The van der Waals surface area contributed by atoms with Crippen LogP contribution in [0.25, 0.3) is 11.0 Å². The molecule has 4 nitrogen and oxygen atoms in total. The van der Waals surface area contributed by atoms with Crippen molar-refractivity contribution in [2.24, 2.45) is 5.41 Å². The molecule has 0 radical (unpaired) electrons. The van der Waals surface area contributed by atoms with Crippen LogP contribution in [0.15, 0.2) is 42.5 Å². The van der Waals surface area contributed by atoms with Crippen LogP contribution in [0.4, 0.5) is 5.69 Å². The summed E-state index contributed by atoms with van der Waals surface area (Å²) in [6.07, 6.45) is 8.57. The third kappa shape index (κ3) is 3.18. The summed E-state index contributed by atoms with van der Waals surface area (Å²) >= 11 is 0. The molecule has 2 aliphatic heterocycles. The SMILES string of the molecule is CC1CCc2c(ccc3c2nc(Cc2ccccc2)n3C2CC3(CCNCC3)C2)N1C. The van der Waals surface area contributed by atoms with Crippen LogP contribution in [0.3, 0.4) is 0 Å². The highest BCUT2D eigenvalue weighted by molar-refractivity contribution is 5.86. The Morgan fingerprint density at radius 3 is 2.61 bits per heavy atom. The van der Waals surface area contributed by atoms with Gasteiger partial charge in [-0.15, -0.1) is 0 Å². The number of fused-ring (bicyclic) bond motifs is 3. The van der Waals surface area contributed by atoms with Crippen LogP contribution in [0.2, 0.25) is 0 Å². The number of hydrogen-bond acceptors (Lipinski definition) is 3. The summed E-state index contributed by atoms with van der Waals surface area (Å²) in [7, 11) is 2.24. The maximum atomic E-state index is 5.34. The smallest absolute Gasteiger partial charge is 0.114 e. The fourth-order valence-electron chi connectivity index (χ4n) is 6.41. The number of hydrogen-bond donors (Lipinski definition) is 1. The number of benzene rings is 2. The Balaban J connectivity index is 1.43. The number of aryl methyl sites for hydroxylation is 1. The standard InChI is InChI=1S/C27H34N4/c1-19-8-9-22-23(30(19)2)10-11-24-26(22)29-25(16-20-6-4-3-5-7-20)31(24)21-17-27(18-21)12-14-28-15-13-27/h3-7,10-11,19,21,28H,8-9,12-18H2,1-2H3. The highest BCUT2D eigenvalue weighted by Gasteiger charge is 2.46. The van der Waals surface area contributed by atoms with Gasteiger partial charge < -0.3 is 14.8 Å². The number of nitrogens with zero attached hydrogens (tertiary/aromatic N) is 3. The van der Waals surface area contributed by atoms with Crippen LogP contribution < -0.4 is 10.2 Å². The summed E-state index contributed by atoms with van der Waals surface area (Å²) in [5.74, 6) is 1.25. The number of piperidine rings is 1. The van der Waals surface area contributed by atoms with E-state index in [0.717, 1.165) is 12.8 Å². The lowest BCUT2D eigenvalue weighted by molar-refractivity contribution is 0.0296. The van der Waals surface area contributed by atoms with E-state index in [1.807, 2.05) is 0 Å². The van der Waals surface area contributed by atoms with Gasteiger partial charge in [-0.3, -0.25) is 0 Å². The van der Waals surface area contributed by atoms with Crippen LogP contribution in [-0.2, 0) is 12.8 Å². The van der Waals surface area contributed by atoms with Gasteiger partial charge in [-0.25, -0.2) is 4.98 Å². The van der Waals surface area contributed by atoms with E-state index in [1.165, 1.54) is 78.9 Å². The first-order chi connectivity index (χ1) is 15.1. The van der Waals surface area contributed by atoms with Crippen molar-refractivity contribution in [1.82, 2.24) is 14.9 Å². The Morgan fingerprint density at radius 1 is 1.06 bits per heavy atom. The second-order valence-corrected chi connectivity index (χ2v) is 10.3. The van der Waals surface area contributed by atoms with E-state index in [4.69, 9.17) is 4.98 Å². The van der Waals surface area contributed by atoms with Crippen molar-refractivity contribution >= 4 is 16.7 Å². The first kappa shape index (κ1) is 19.4. The molecule has 3 heterocycles. The molecule has 6 rings (SSSR count). The van der Waals surface area contributed by atoms with E-state index in [9.17, 15) is 0 Å². The molecule has 4 heteroatoms. The molecule has 3 aliphatic rings. The second-order valence-electron chi connectivity index (χ2n) is 10.3. The molecular weight excluding hydrogens is 380 g/mol. The van der Waals surface area contributed by atoms with E-state index >= 15 is 0 Å². The molecule has 1 spiro atoms. The van der Waals surface area contributed by atoms with Gasteiger partial charge >= 0.3 is 0 Å². The fraction of sp³-hybridized carbons (Fsp3) is 0.519. The third-order valence-electron chi connectivity index (χ3n) is 8.44. The molecule has 1 aromatic heterocycles. The lowest BCUT2D eigenvalue weighted by Crippen LogP contribution is -2.46. The lowest BCUT2D eigenvalue weighted by atomic mass is 9.60. The van der Waals surface area contributed by atoms with E-state index in [2.05, 4.69) is 71.2 Å². The molecule has 31 heavy (non-hydrogen) atoms. The maximum absolute atomic E-state index is 5.34. The number of imidazole rings is 1. The lowest BCUT2D eigenvalue weighted by Gasteiger charge is -2.51. The van der Waals surface area contributed by atoms with Gasteiger partial charge in [0.05, 0.1) is 11.0 Å². The average molecular weight is 415 g/mol. The fourth-order valence-corrected chi connectivity index (χ4v) is 6.41. The molecule has 1 unspecified atom stereocenters. The van der Waals surface area contributed by atoms with Crippen molar-refractivity contribution in [3.63, 3.8) is 0 Å². The van der Waals surface area contributed by atoms with Gasteiger partial charge in [0.15, 0.2) is 0 Å². The Labute approximate surface area is 185 Å².